The van der Waals surface area contributed by atoms with E-state index >= 15 is 0 Å². The molecule has 0 aliphatic carbocycles. The summed E-state index contributed by atoms with van der Waals surface area (Å²) >= 11 is 0. The van der Waals surface area contributed by atoms with E-state index in [4.69, 9.17) is 0 Å². The van der Waals surface area contributed by atoms with Crippen molar-refractivity contribution in [2.45, 2.75) is 32.2 Å². The minimum Gasteiger partial charge on any atom is -0.383 e. The number of nitrogens with one attached hydrogen (secondary N) is 2. The summed E-state index contributed by atoms with van der Waals surface area (Å²) in [5.41, 5.74) is 3.27. The molecule has 1 aliphatic rings. The number of aryl methyl sites for hydroxylation is 1. The second-order valence-electron chi connectivity index (χ2n) is 5.28. The normalized spacial score (nSPS) is 18.9. The van der Waals surface area contributed by atoms with Crippen molar-refractivity contribution in [3.05, 3.63) is 30.1 Å². The molecule has 20 heavy (non-hydrogen) atoms. The predicted molar refractivity (Wildman–Crippen MR) is 78.0 cm³/mol. The van der Waals surface area contributed by atoms with E-state index in [0.29, 0.717) is 6.04 Å². The largest absolute Gasteiger partial charge is 0.383 e. The molecule has 1 aromatic carbocycles. The van der Waals surface area contributed by atoms with E-state index in [0.717, 1.165) is 30.0 Å². The zero-order valence-corrected chi connectivity index (χ0v) is 11.7. The van der Waals surface area contributed by atoms with Gasteiger partial charge in [0.15, 0.2) is 0 Å². The number of nitrogens with zero attached hydrogens (tertiary/aromatic N) is 4. The summed E-state index contributed by atoms with van der Waals surface area (Å²) < 4.78 is 1.69. The second kappa shape index (κ2) is 6.00. The summed E-state index contributed by atoms with van der Waals surface area (Å²) in [7, 11) is 0. The molecule has 1 atom stereocenters. The Morgan fingerprint density at radius 1 is 1.40 bits per heavy atom. The Morgan fingerprint density at radius 3 is 3.10 bits per heavy atom. The first-order valence-corrected chi connectivity index (χ1v) is 7.14. The van der Waals surface area contributed by atoms with Crippen LogP contribution in [0.3, 0.4) is 0 Å². The van der Waals surface area contributed by atoms with Crippen molar-refractivity contribution in [3.63, 3.8) is 0 Å². The molecule has 6 heteroatoms. The third-order valence-electron chi connectivity index (χ3n) is 3.77. The standard InChI is InChI=1S/C14H20N6/c1-11-5-6-12(8-14(11)20-10-17-18-19-20)16-9-13-4-2-3-7-15-13/h5-6,8,10,13,15-16H,2-4,7,9H2,1H3. The quantitative estimate of drug-likeness (QED) is 0.883. The number of anilines is 1. The second-order valence-corrected chi connectivity index (χ2v) is 5.28. The molecule has 1 unspecified atom stereocenters. The van der Waals surface area contributed by atoms with Crippen molar-refractivity contribution in [2.75, 3.05) is 18.4 Å². The Labute approximate surface area is 118 Å². The molecule has 0 radical (unpaired) electrons. The van der Waals surface area contributed by atoms with Gasteiger partial charge in [0.1, 0.15) is 6.33 Å². The lowest BCUT2D eigenvalue weighted by Crippen LogP contribution is -2.39. The molecular formula is C14H20N6. The highest BCUT2D eigenvalue weighted by atomic mass is 15.5. The Balaban J connectivity index is 1.69. The number of rotatable bonds is 4. The third kappa shape index (κ3) is 2.96. The topological polar surface area (TPSA) is 67.7 Å². The van der Waals surface area contributed by atoms with Gasteiger partial charge in [-0.25, -0.2) is 4.68 Å². The molecule has 2 N–H and O–H groups in total. The first kappa shape index (κ1) is 13.1. The van der Waals surface area contributed by atoms with Crippen molar-refractivity contribution >= 4 is 5.69 Å². The van der Waals surface area contributed by atoms with E-state index in [1.807, 2.05) is 0 Å². The molecule has 0 amide bonds. The summed E-state index contributed by atoms with van der Waals surface area (Å²) in [6.07, 6.45) is 5.49. The third-order valence-corrected chi connectivity index (χ3v) is 3.77. The van der Waals surface area contributed by atoms with Crippen molar-refractivity contribution in [1.29, 1.82) is 0 Å². The van der Waals surface area contributed by atoms with Gasteiger partial charge in [0.2, 0.25) is 0 Å². The van der Waals surface area contributed by atoms with E-state index in [1.54, 1.807) is 11.0 Å². The number of piperidine rings is 1. The van der Waals surface area contributed by atoms with Gasteiger partial charge in [-0.2, -0.15) is 0 Å². The van der Waals surface area contributed by atoms with E-state index in [2.05, 4.69) is 51.3 Å². The van der Waals surface area contributed by atoms with Gasteiger partial charge >= 0.3 is 0 Å². The minimum atomic E-state index is 0.571. The molecule has 1 aromatic heterocycles. The van der Waals surface area contributed by atoms with Crippen molar-refractivity contribution < 1.29 is 0 Å². The lowest BCUT2D eigenvalue weighted by Gasteiger charge is -2.24. The molecule has 0 bridgehead atoms. The van der Waals surface area contributed by atoms with Crippen LogP contribution in [0.1, 0.15) is 24.8 Å². The van der Waals surface area contributed by atoms with Crippen LogP contribution in [0.4, 0.5) is 5.69 Å². The maximum absolute atomic E-state index is 3.95. The highest BCUT2D eigenvalue weighted by molar-refractivity contribution is 5.54. The summed E-state index contributed by atoms with van der Waals surface area (Å²) in [5.74, 6) is 0. The lowest BCUT2D eigenvalue weighted by atomic mass is 10.0. The Hall–Kier alpha value is -1.95. The van der Waals surface area contributed by atoms with Gasteiger partial charge < -0.3 is 10.6 Å². The number of benzene rings is 1. The van der Waals surface area contributed by atoms with Crippen molar-refractivity contribution in [1.82, 2.24) is 25.5 Å². The first-order chi connectivity index (χ1) is 9.83. The van der Waals surface area contributed by atoms with E-state index < -0.39 is 0 Å². The number of hydrogen-bond donors (Lipinski definition) is 2. The monoisotopic (exact) mass is 272 g/mol. The molecule has 2 aromatic rings. The smallest absolute Gasteiger partial charge is 0.143 e. The fourth-order valence-corrected chi connectivity index (χ4v) is 2.58. The maximum Gasteiger partial charge on any atom is 0.143 e. The molecule has 1 aliphatic heterocycles. The molecule has 1 fully saturated rings. The minimum absolute atomic E-state index is 0.571. The van der Waals surface area contributed by atoms with Crippen LogP contribution in [-0.2, 0) is 0 Å². The molecule has 106 valence electrons. The average Bonchev–Trinajstić information content (AvgIpc) is 3.01. The van der Waals surface area contributed by atoms with E-state index in [9.17, 15) is 0 Å². The fraction of sp³-hybridized carbons (Fsp3) is 0.500. The van der Waals surface area contributed by atoms with E-state index in [1.165, 1.54) is 19.3 Å². The van der Waals surface area contributed by atoms with Gasteiger partial charge in [0.25, 0.3) is 0 Å². The van der Waals surface area contributed by atoms with Crippen LogP contribution in [0.2, 0.25) is 0 Å². The molecule has 0 saturated carbocycles. The Morgan fingerprint density at radius 2 is 2.35 bits per heavy atom. The van der Waals surface area contributed by atoms with Crippen LogP contribution in [0.25, 0.3) is 5.69 Å². The number of hydrogen-bond acceptors (Lipinski definition) is 5. The summed E-state index contributed by atoms with van der Waals surface area (Å²) in [4.78, 5) is 0. The Bertz CT molecular complexity index is 545. The number of tetrazole rings is 1. The summed E-state index contributed by atoms with van der Waals surface area (Å²) in [6.45, 7) is 4.15. The fourth-order valence-electron chi connectivity index (χ4n) is 2.58. The van der Waals surface area contributed by atoms with Crippen LogP contribution in [0, 0.1) is 6.92 Å². The Kier molecular flexibility index (Phi) is 3.92. The zero-order valence-electron chi connectivity index (χ0n) is 11.7. The zero-order chi connectivity index (χ0) is 13.8. The molecular weight excluding hydrogens is 252 g/mol. The molecule has 0 spiro atoms. The molecule has 1 saturated heterocycles. The van der Waals surface area contributed by atoms with E-state index in [-0.39, 0.29) is 0 Å². The highest BCUT2D eigenvalue weighted by Crippen LogP contribution is 2.18. The van der Waals surface area contributed by atoms with Crippen molar-refractivity contribution in [2.24, 2.45) is 0 Å². The van der Waals surface area contributed by atoms with Crippen LogP contribution in [0.15, 0.2) is 24.5 Å². The molecule has 3 rings (SSSR count). The van der Waals surface area contributed by atoms with Crippen LogP contribution < -0.4 is 10.6 Å². The first-order valence-electron chi connectivity index (χ1n) is 7.14. The predicted octanol–water partition coefficient (Wildman–Crippen LogP) is 1.52. The summed E-state index contributed by atoms with van der Waals surface area (Å²) in [5, 5.41) is 18.4. The molecule has 6 nitrogen and oxygen atoms in total. The van der Waals surface area contributed by atoms with Crippen molar-refractivity contribution in [3.8, 4) is 5.69 Å². The van der Waals surface area contributed by atoms with Crippen LogP contribution in [-0.4, -0.2) is 39.3 Å². The van der Waals surface area contributed by atoms with Gasteiger partial charge in [-0.3, -0.25) is 0 Å². The lowest BCUT2D eigenvalue weighted by molar-refractivity contribution is 0.414. The van der Waals surface area contributed by atoms with Gasteiger partial charge in [0, 0.05) is 18.3 Å². The van der Waals surface area contributed by atoms with Gasteiger partial charge in [-0.1, -0.05) is 12.5 Å². The van der Waals surface area contributed by atoms with Gasteiger partial charge in [-0.15, -0.1) is 5.10 Å². The van der Waals surface area contributed by atoms with Crippen LogP contribution in [0.5, 0.6) is 0 Å². The van der Waals surface area contributed by atoms with Gasteiger partial charge in [-0.05, 0) is 54.4 Å². The average molecular weight is 272 g/mol. The van der Waals surface area contributed by atoms with Crippen LogP contribution >= 0.6 is 0 Å². The SMILES string of the molecule is Cc1ccc(NCC2CCCCN2)cc1-n1cnnn1. The maximum atomic E-state index is 3.95. The highest BCUT2D eigenvalue weighted by Gasteiger charge is 2.12. The number of aromatic nitrogens is 4. The summed E-state index contributed by atoms with van der Waals surface area (Å²) in [6, 6.07) is 6.86. The van der Waals surface area contributed by atoms with Gasteiger partial charge in [0.05, 0.1) is 5.69 Å². The molecule has 2 heterocycles.